The van der Waals surface area contributed by atoms with Crippen molar-refractivity contribution in [2.75, 3.05) is 12.4 Å². The number of ether oxygens (including phenoxy) is 1. The van der Waals surface area contributed by atoms with Crippen molar-refractivity contribution in [3.05, 3.63) is 15.8 Å². The summed E-state index contributed by atoms with van der Waals surface area (Å²) in [6.07, 6.45) is 2.13. The quantitative estimate of drug-likeness (QED) is 0.509. The zero-order valence-electron chi connectivity index (χ0n) is 11.8. The highest BCUT2D eigenvalue weighted by molar-refractivity contribution is 5.73. The monoisotopic (exact) mass is 282 g/mol. The Hall–Kier alpha value is -2.12. The number of methoxy groups -OCH3 is 1. The number of hydrogen-bond donors (Lipinski definition) is 1. The highest BCUT2D eigenvalue weighted by atomic mass is 16.6. The van der Waals surface area contributed by atoms with Gasteiger partial charge in [-0.05, 0) is 26.2 Å². The van der Waals surface area contributed by atoms with Gasteiger partial charge in [-0.25, -0.2) is 4.68 Å². The standard InChI is InChI=1S/C12H18N4O4/c1-7-10(16(18)19)11(15(2)14-7)13-9-5-4-8(6-9)12(17)20-3/h8-9,13H,4-6H2,1-3H3/t8-,9+/m0/s1. The minimum absolute atomic E-state index is 0.00554. The van der Waals surface area contributed by atoms with Crippen LogP contribution in [-0.4, -0.2) is 33.8 Å². The summed E-state index contributed by atoms with van der Waals surface area (Å²) in [7, 11) is 3.04. The average Bonchev–Trinajstić information content (AvgIpc) is 2.94. The molecule has 1 N–H and O–H groups in total. The lowest BCUT2D eigenvalue weighted by Gasteiger charge is -2.13. The van der Waals surface area contributed by atoms with Gasteiger partial charge in [-0.2, -0.15) is 5.10 Å². The molecular weight excluding hydrogens is 264 g/mol. The van der Waals surface area contributed by atoms with Crippen molar-refractivity contribution in [1.82, 2.24) is 9.78 Å². The minimum atomic E-state index is -0.433. The number of nitrogens with one attached hydrogen (secondary N) is 1. The molecule has 2 atom stereocenters. The van der Waals surface area contributed by atoms with Gasteiger partial charge in [0.1, 0.15) is 5.69 Å². The van der Waals surface area contributed by atoms with Crippen LogP contribution in [0.4, 0.5) is 11.5 Å². The first-order chi connectivity index (χ1) is 9.43. The maximum Gasteiger partial charge on any atom is 0.333 e. The number of aryl methyl sites for hydroxylation is 2. The number of nitrogens with zero attached hydrogens (tertiary/aromatic N) is 3. The van der Waals surface area contributed by atoms with E-state index in [1.807, 2.05) is 0 Å². The Balaban J connectivity index is 2.12. The Morgan fingerprint density at radius 2 is 2.25 bits per heavy atom. The molecular formula is C12H18N4O4. The fraction of sp³-hybridized carbons (Fsp3) is 0.667. The number of carbonyl (C=O) groups excluding carboxylic acids is 1. The highest BCUT2D eigenvalue weighted by Gasteiger charge is 2.33. The van der Waals surface area contributed by atoms with Crippen molar-refractivity contribution in [1.29, 1.82) is 0 Å². The topological polar surface area (TPSA) is 99.3 Å². The van der Waals surface area contributed by atoms with Gasteiger partial charge in [-0.1, -0.05) is 0 Å². The molecule has 8 heteroatoms. The molecule has 0 bridgehead atoms. The van der Waals surface area contributed by atoms with Gasteiger partial charge in [0.25, 0.3) is 0 Å². The van der Waals surface area contributed by atoms with E-state index in [-0.39, 0.29) is 23.6 Å². The van der Waals surface area contributed by atoms with Crippen LogP contribution in [0.3, 0.4) is 0 Å². The van der Waals surface area contributed by atoms with Crippen LogP contribution in [0.15, 0.2) is 0 Å². The molecule has 20 heavy (non-hydrogen) atoms. The number of aromatic nitrogens is 2. The lowest BCUT2D eigenvalue weighted by molar-refractivity contribution is -0.384. The minimum Gasteiger partial charge on any atom is -0.469 e. The van der Waals surface area contributed by atoms with Gasteiger partial charge in [-0.15, -0.1) is 0 Å². The van der Waals surface area contributed by atoms with Gasteiger partial charge in [-0.3, -0.25) is 14.9 Å². The first-order valence-electron chi connectivity index (χ1n) is 6.46. The summed E-state index contributed by atoms with van der Waals surface area (Å²) in [4.78, 5) is 22.1. The van der Waals surface area contributed by atoms with E-state index < -0.39 is 4.92 Å². The fourth-order valence-corrected chi connectivity index (χ4v) is 2.71. The molecule has 0 saturated heterocycles. The Labute approximate surface area is 116 Å². The third-order valence-electron chi connectivity index (χ3n) is 3.68. The highest BCUT2D eigenvalue weighted by Crippen LogP contribution is 2.33. The van der Waals surface area contributed by atoms with E-state index in [0.29, 0.717) is 17.9 Å². The van der Waals surface area contributed by atoms with E-state index in [1.54, 1.807) is 14.0 Å². The Bertz CT molecular complexity index is 540. The van der Waals surface area contributed by atoms with Crippen LogP contribution in [0, 0.1) is 23.0 Å². The number of anilines is 1. The first-order valence-corrected chi connectivity index (χ1v) is 6.46. The van der Waals surface area contributed by atoms with E-state index in [0.717, 1.165) is 12.8 Å². The summed E-state index contributed by atoms with van der Waals surface area (Å²) in [6, 6.07) is 0.0209. The maximum atomic E-state index is 11.5. The van der Waals surface area contributed by atoms with Crippen LogP contribution in [-0.2, 0) is 16.6 Å². The Morgan fingerprint density at radius 3 is 2.85 bits per heavy atom. The summed E-state index contributed by atoms with van der Waals surface area (Å²) in [5.74, 6) is 0.0406. The number of nitro groups is 1. The molecule has 1 aromatic heterocycles. The zero-order valence-corrected chi connectivity index (χ0v) is 11.8. The second-order valence-electron chi connectivity index (χ2n) is 5.04. The van der Waals surface area contributed by atoms with Crippen molar-refractivity contribution >= 4 is 17.5 Å². The number of carbonyl (C=O) groups is 1. The lowest BCUT2D eigenvalue weighted by Crippen LogP contribution is -2.20. The van der Waals surface area contributed by atoms with Crippen molar-refractivity contribution < 1.29 is 14.5 Å². The molecule has 0 amide bonds. The van der Waals surface area contributed by atoms with Gasteiger partial charge in [0, 0.05) is 13.1 Å². The summed E-state index contributed by atoms with van der Waals surface area (Å²) >= 11 is 0. The van der Waals surface area contributed by atoms with Crippen LogP contribution in [0.5, 0.6) is 0 Å². The molecule has 0 radical (unpaired) electrons. The van der Waals surface area contributed by atoms with Crippen LogP contribution in [0.25, 0.3) is 0 Å². The molecule has 1 fully saturated rings. The molecule has 110 valence electrons. The average molecular weight is 282 g/mol. The van der Waals surface area contributed by atoms with Gasteiger partial charge < -0.3 is 10.1 Å². The van der Waals surface area contributed by atoms with Crippen molar-refractivity contribution in [2.24, 2.45) is 13.0 Å². The molecule has 1 aromatic rings. The molecule has 0 unspecified atom stereocenters. The predicted octanol–water partition coefficient (Wildman–Crippen LogP) is 1.39. The molecule has 1 aliphatic carbocycles. The summed E-state index contributed by atoms with van der Waals surface area (Å²) in [5.41, 5.74) is 0.372. The first kappa shape index (κ1) is 14.3. The fourth-order valence-electron chi connectivity index (χ4n) is 2.71. The maximum absolute atomic E-state index is 11.5. The van der Waals surface area contributed by atoms with Gasteiger partial charge >= 0.3 is 11.7 Å². The molecule has 1 heterocycles. The Morgan fingerprint density at radius 1 is 1.55 bits per heavy atom. The van der Waals surface area contributed by atoms with Crippen molar-refractivity contribution in [2.45, 2.75) is 32.2 Å². The smallest absolute Gasteiger partial charge is 0.333 e. The van der Waals surface area contributed by atoms with Crippen LogP contribution < -0.4 is 5.32 Å². The molecule has 0 aromatic carbocycles. The van der Waals surface area contributed by atoms with E-state index in [9.17, 15) is 14.9 Å². The largest absolute Gasteiger partial charge is 0.469 e. The van der Waals surface area contributed by atoms with Gasteiger partial charge in [0.2, 0.25) is 5.82 Å². The van der Waals surface area contributed by atoms with Crippen molar-refractivity contribution in [3.63, 3.8) is 0 Å². The number of esters is 1. The third kappa shape index (κ3) is 2.59. The SMILES string of the molecule is COC(=O)[C@H]1CC[C@@H](Nc2c([N+](=O)[O-])c(C)nn2C)C1. The van der Waals surface area contributed by atoms with E-state index >= 15 is 0 Å². The second kappa shape index (κ2) is 5.48. The van der Waals surface area contributed by atoms with Gasteiger partial charge in [0.05, 0.1) is 18.0 Å². The van der Waals surface area contributed by atoms with E-state index in [2.05, 4.69) is 10.4 Å². The summed E-state index contributed by atoms with van der Waals surface area (Å²) in [5, 5.41) is 18.3. The summed E-state index contributed by atoms with van der Waals surface area (Å²) in [6.45, 7) is 1.61. The molecule has 1 saturated carbocycles. The molecule has 1 aliphatic rings. The molecule has 0 aliphatic heterocycles. The lowest BCUT2D eigenvalue weighted by atomic mass is 10.1. The third-order valence-corrected chi connectivity index (χ3v) is 3.68. The molecule has 2 rings (SSSR count). The van der Waals surface area contributed by atoms with Crippen LogP contribution >= 0.6 is 0 Å². The number of rotatable bonds is 4. The van der Waals surface area contributed by atoms with Crippen LogP contribution in [0.2, 0.25) is 0 Å². The second-order valence-corrected chi connectivity index (χ2v) is 5.04. The number of hydrogen-bond acceptors (Lipinski definition) is 6. The van der Waals surface area contributed by atoms with Crippen LogP contribution in [0.1, 0.15) is 25.0 Å². The van der Waals surface area contributed by atoms with Crippen molar-refractivity contribution in [3.8, 4) is 0 Å². The normalized spacial score (nSPS) is 21.8. The van der Waals surface area contributed by atoms with E-state index in [1.165, 1.54) is 11.8 Å². The van der Waals surface area contributed by atoms with E-state index in [4.69, 9.17) is 4.74 Å². The van der Waals surface area contributed by atoms with Gasteiger partial charge in [0.15, 0.2) is 0 Å². The summed E-state index contributed by atoms with van der Waals surface area (Å²) < 4.78 is 6.20. The zero-order chi connectivity index (χ0) is 14.9. The molecule has 0 spiro atoms. The predicted molar refractivity (Wildman–Crippen MR) is 71.4 cm³/mol. The Kier molecular flexibility index (Phi) is 3.91. The molecule has 8 nitrogen and oxygen atoms in total.